The van der Waals surface area contributed by atoms with Crippen LogP contribution in [0.2, 0.25) is 0 Å². The summed E-state index contributed by atoms with van der Waals surface area (Å²) in [5.74, 6) is 0.290. The number of hydrogen-bond acceptors (Lipinski definition) is 2. The van der Waals surface area contributed by atoms with Crippen molar-refractivity contribution in [3.05, 3.63) is 47.7 Å². The first-order valence-corrected chi connectivity index (χ1v) is 5.60. The van der Waals surface area contributed by atoms with Gasteiger partial charge in [0.25, 0.3) is 0 Å². The second-order valence-corrected chi connectivity index (χ2v) is 4.27. The average molecular weight is 229 g/mol. The maximum Gasteiger partial charge on any atom is 0.115 e. The molecule has 1 rings (SSSR count). The number of aromatic hydroxyl groups is 1. The molecule has 0 atom stereocenters. The van der Waals surface area contributed by atoms with Crippen molar-refractivity contribution in [2.45, 2.75) is 27.7 Å². The van der Waals surface area contributed by atoms with E-state index in [4.69, 9.17) is 0 Å². The van der Waals surface area contributed by atoms with Crippen molar-refractivity contribution < 1.29 is 5.11 Å². The smallest absolute Gasteiger partial charge is 0.115 e. The Balaban J connectivity index is 3.41. The van der Waals surface area contributed by atoms with E-state index < -0.39 is 0 Å². The van der Waals surface area contributed by atoms with Crippen LogP contribution in [-0.2, 0) is 0 Å². The van der Waals surface area contributed by atoms with Gasteiger partial charge in [-0.05, 0) is 51.0 Å². The quantitative estimate of drug-likeness (QED) is 0.778. The molecule has 0 aliphatic heterocycles. The zero-order chi connectivity index (χ0) is 13.0. The molecule has 0 heterocycles. The van der Waals surface area contributed by atoms with Crippen molar-refractivity contribution in [3.8, 4) is 5.75 Å². The monoisotopic (exact) mass is 229 g/mol. The molecule has 0 aromatic heterocycles. The molecule has 0 unspecified atom stereocenters. The first-order valence-electron chi connectivity index (χ1n) is 5.60. The number of benzene rings is 1. The predicted octanol–water partition coefficient (Wildman–Crippen LogP) is 4.10. The minimum absolute atomic E-state index is 0.290. The van der Waals surface area contributed by atoms with Crippen molar-refractivity contribution in [1.29, 1.82) is 0 Å². The Hall–Kier alpha value is -1.83. The Labute approximate surface area is 103 Å². The molecule has 0 saturated heterocycles. The molecule has 0 amide bonds. The molecule has 17 heavy (non-hydrogen) atoms. The summed E-state index contributed by atoms with van der Waals surface area (Å²) in [5.41, 5.74) is 5.39. The fourth-order valence-corrected chi connectivity index (χ4v) is 1.96. The van der Waals surface area contributed by atoms with E-state index in [1.807, 2.05) is 19.9 Å². The van der Waals surface area contributed by atoms with Gasteiger partial charge in [0.2, 0.25) is 0 Å². The van der Waals surface area contributed by atoms with E-state index >= 15 is 0 Å². The number of phenolic OH excluding ortho intramolecular Hbond substituents is 1. The van der Waals surface area contributed by atoms with E-state index in [0.717, 1.165) is 22.4 Å². The van der Waals surface area contributed by atoms with Gasteiger partial charge in [0.1, 0.15) is 5.75 Å². The van der Waals surface area contributed by atoms with Crippen LogP contribution in [0.15, 0.2) is 41.5 Å². The molecule has 2 nitrogen and oxygen atoms in total. The minimum atomic E-state index is 0.290. The molecular weight excluding hydrogens is 210 g/mol. The van der Waals surface area contributed by atoms with Crippen molar-refractivity contribution in [2.24, 2.45) is 4.99 Å². The summed E-state index contributed by atoms with van der Waals surface area (Å²) in [6, 6.07) is 5.39. The summed E-state index contributed by atoms with van der Waals surface area (Å²) in [4.78, 5) is 4.25. The second-order valence-electron chi connectivity index (χ2n) is 4.27. The topological polar surface area (TPSA) is 32.6 Å². The van der Waals surface area contributed by atoms with Crippen molar-refractivity contribution in [3.63, 3.8) is 0 Å². The van der Waals surface area contributed by atoms with Gasteiger partial charge in [-0.15, -0.1) is 0 Å². The van der Waals surface area contributed by atoms with Crippen molar-refractivity contribution in [1.82, 2.24) is 0 Å². The van der Waals surface area contributed by atoms with Gasteiger partial charge in [0, 0.05) is 17.5 Å². The van der Waals surface area contributed by atoms with Gasteiger partial charge in [-0.25, -0.2) is 0 Å². The lowest BCUT2D eigenvalue weighted by Crippen LogP contribution is -2.01. The molecule has 0 bridgehead atoms. The van der Waals surface area contributed by atoms with E-state index in [2.05, 4.69) is 25.4 Å². The van der Waals surface area contributed by atoms with Crippen LogP contribution in [0.1, 0.15) is 31.9 Å². The van der Waals surface area contributed by atoms with Crippen LogP contribution >= 0.6 is 0 Å². The number of rotatable bonds is 3. The summed E-state index contributed by atoms with van der Waals surface area (Å²) in [6.07, 6.45) is 1.55. The van der Waals surface area contributed by atoms with Gasteiger partial charge in [0.05, 0.1) is 0 Å². The van der Waals surface area contributed by atoms with E-state index in [-0.39, 0.29) is 5.75 Å². The molecule has 0 radical (unpaired) electrons. The zero-order valence-corrected chi connectivity index (χ0v) is 10.9. The molecule has 1 N–H and O–H groups in total. The fraction of sp³-hybridized carbons (Fsp3) is 0.267. The van der Waals surface area contributed by atoms with Crippen molar-refractivity contribution in [2.75, 3.05) is 0 Å². The van der Waals surface area contributed by atoms with Crippen LogP contribution in [0.3, 0.4) is 0 Å². The number of hydrogen-bond donors (Lipinski definition) is 1. The van der Waals surface area contributed by atoms with Gasteiger partial charge in [-0.2, -0.15) is 0 Å². The highest BCUT2D eigenvalue weighted by atomic mass is 16.3. The second kappa shape index (κ2) is 5.48. The van der Waals surface area contributed by atoms with Crippen LogP contribution in [-0.4, -0.2) is 10.8 Å². The normalized spacial score (nSPS) is 11.2. The minimum Gasteiger partial charge on any atom is -0.508 e. The standard InChI is InChI=1S/C15H19NO/c1-6-16-12(5)15(10(2)3)14-8-7-13(17)9-11(14)4/h6-9,17H,1H2,2-5H3. The van der Waals surface area contributed by atoms with Gasteiger partial charge in [-0.1, -0.05) is 18.2 Å². The molecule has 1 aromatic rings. The lowest BCUT2D eigenvalue weighted by molar-refractivity contribution is 0.475. The van der Waals surface area contributed by atoms with Crippen LogP contribution in [0.4, 0.5) is 0 Å². The van der Waals surface area contributed by atoms with E-state index in [0.29, 0.717) is 0 Å². The fourth-order valence-electron chi connectivity index (χ4n) is 1.96. The number of allylic oxidation sites excluding steroid dienone is 2. The average Bonchev–Trinajstić information content (AvgIpc) is 2.21. The van der Waals surface area contributed by atoms with Crippen LogP contribution in [0.5, 0.6) is 5.75 Å². The molecule has 2 heteroatoms. The van der Waals surface area contributed by atoms with E-state index in [1.165, 1.54) is 5.57 Å². The number of phenols is 1. The first-order chi connectivity index (χ1) is 7.97. The largest absolute Gasteiger partial charge is 0.508 e. The zero-order valence-electron chi connectivity index (χ0n) is 10.9. The third-order valence-electron chi connectivity index (χ3n) is 2.63. The maximum atomic E-state index is 9.44. The summed E-state index contributed by atoms with van der Waals surface area (Å²) in [6.45, 7) is 11.7. The molecule has 0 aliphatic rings. The Morgan fingerprint density at radius 1 is 1.29 bits per heavy atom. The van der Waals surface area contributed by atoms with Gasteiger partial charge in [-0.3, -0.25) is 4.99 Å². The van der Waals surface area contributed by atoms with Gasteiger partial charge >= 0.3 is 0 Å². The SMILES string of the molecule is C=CN=C(C)C(=C(C)C)c1ccc(O)cc1C. The third kappa shape index (κ3) is 3.06. The number of nitrogens with zero attached hydrogens (tertiary/aromatic N) is 1. The molecular formula is C15H19NO. The maximum absolute atomic E-state index is 9.44. The summed E-state index contributed by atoms with van der Waals surface area (Å²) < 4.78 is 0. The lowest BCUT2D eigenvalue weighted by Gasteiger charge is -2.13. The Bertz CT molecular complexity index is 492. The summed E-state index contributed by atoms with van der Waals surface area (Å²) in [5, 5.41) is 9.44. The molecule has 0 aliphatic carbocycles. The summed E-state index contributed by atoms with van der Waals surface area (Å²) >= 11 is 0. The number of aryl methyl sites for hydroxylation is 1. The number of aliphatic imine (C=N–C) groups is 1. The Morgan fingerprint density at radius 2 is 1.94 bits per heavy atom. The summed E-state index contributed by atoms with van der Waals surface area (Å²) in [7, 11) is 0. The first kappa shape index (κ1) is 13.2. The van der Waals surface area contributed by atoms with E-state index in [1.54, 1.807) is 18.3 Å². The molecule has 90 valence electrons. The van der Waals surface area contributed by atoms with Gasteiger partial charge in [0.15, 0.2) is 0 Å². The van der Waals surface area contributed by atoms with Gasteiger partial charge < -0.3 is 5.11 Å². The Morgan fingerprint density at radius 3 is 2.41 bits per heavy atom. The third-order valence-corrected chi connectivity index (χ3v) is 2.63. The highest BCUT2D eigenvalue weighted by Gasteiger charge is 2.10. The molecule has 0 fully saturated rings. The lowest BCUT2D eigenvalue weighted by atomic mass is 9.94. The molecule has 0 saturated carbocycles. The highest BCUT2D eigenvalue weighted by molar-refractivity contribution is 6.24. The Kier molecular flexibility index (Phi) is 4.27. The molecule has 1 aromatic carbocycles. The van der Waals surface area contributed by atoms with Crippen LogP contribution in [0.25, 0.3) is 5.57 Å². The van der Waals surface area contributed by atoms with Crippen molar-refractivity contribution >= 4 is 11.3 Å². The van der Waals surface area contributed by atoms with Crippen LogP contribution < -0.4 is 0 Å². The molecule has 0 spiro atoms. The highest BCUT2D eigenvalue weighted by Crippen LogP contribution is 2.26. The van der Waals surface area contributed by atoms with E-state index in [9.17, 15) is 5.11 Å². The predicted molar refractivity (Wildman–Crippen MR) is 74.4 cm³/mol. The van der Waals surface area contributed by atoms with Crippen LogP contribution in [0, 0.1) is 6.92 Å².